The number of thiophene rings is 1. The Labute approximate surface area is 140 Å². The third kappa shape index (κ3) is 3.64. The number of aliphatic hydroxyl groups excluding tert-OH is 1. The number of amides is 1. The van der Waals surface area contributed by atoms with Crippen molar-refractivity contribution in [1.29, 1.82) is 0 Å². The van der Waals surface area contributed by atoms with Crippen LogP contribution in [0.1, 0.15) is 37.3 Å². The number of aliphatic hydroxyl groups is 1. The minimum atomic E-state index is -0.567. The van der Waals surface area contributed by atoms with Crippen LogP contribution in [0, 0.1) is 0 Å². The molecule has 1 aliphatic carbocycles. The van der Waals surface area contributed by atoms with Crippen molar-refractivity contribution in [3.63, 3.8) is 0 Å². The van der Waals surface area contributed by atoms with Crippen LogP contribution >= 0.6 is 11.3 Å². The minimum Gasteiger partial charge on any atom is -0.389 e. The summed E-state index contributed by atoms with van der Waals surface area (Å²) >= 11 is 1.60. The third-order valence-electron chi connectivity index (χ3n) is 4.77. The maximum absolute atomic E-state index is 12.6. The average Bonchev–Trinajstić information content (AvgIpc) is 3.20. The van der Waals surface area contributed by atoms with Crippen LogP contribution in [0.2, 0.25) is 0 Å². The fourth-order valence-electron chi connectivity index (χ4n) is 3.40. The van der Waals surface area contributed by atoms with E-state index in [1.54, 1.807) is 28.8 Å². The van der Waals surface area contributed by atoms with Gasteiger partial charge in [-0.3, -0.25) is 4.79 Å². The molecule has 1 fully saturated rings. The first-order chi connectivity index (χ1) is 11.2. The molecule has 3 rings (SSSR count). The molecular formula is C17H23N3O2S. The molecule has 0 bridgehead atoms. The SMILES string of the molecule is CN(C(=O)Cc1ccsc1)[C@@H]1CCCC[C@@H](n2ccnc2)[C@@H]1O. The lowest BCUT2D eigenvalue weighted by Gasteiger charge is -2.34. The molecule has 0 aromatic carbocycles. The van der Waals surface area contributed by atoms with Gasteiger partial charge in [0.1, 0.15) is 0 Å². The number of aromatic nitrogens is 2. The summed E-state index contributed by atoms with van der Waals surface area (Å²) in [7, 11) is 1.82. The van der Waals surface area contributed by atoms with E-state index in [9.17, 15) is 9.90 Å². The van der Waals surface area contributed by atoms with Crippen molar-refractivity contribution in [1.82, 2.24) is 14.5 Å². The number of imidazole rings is 1. The molecule has 23 heavy (non-hydrogen) atoms. The summed E-state index contributed by atoms with van der Waals surface area (Å²) in [6.07, 6.45) is 9.07. The fraction of sp³-hybridized carbons (Fsp3) is 0.529. The Bertz CT molecular complexity index is 612. The van der Waals surface area contributed by atoms with Gasteiger partial charge in [0.25, 0.3) is 0 Å². The number of carbonyl (C=O) groups is 1. The van der Waals surface area contributed by atoms with Gasteiger partial charge in [-0.25, -0.2) is 4.98 Å². The van der Waals surface area contributed by atoms with Crippen LogP contribution in [0.4, 0.5) is 0 Å². The number of hydrogen-bond donors (Lipinski definition) is 1. The van der Waals surface area contributed by atoms with E-state index in [1.807, 2.05) is 34.6 Å². The van der Waals surface area contributed by atoms with Crippen molar-refractivity contribution in [2.24, 2.45) is 0 Å². The highest BCUT2D eigenvalue weighted by Crippen LogP contribution is 2.30. The van der Waals surface area contributed by atoms with Gasteiger partial charge in [-0.15, -0.1) is 0 Å². The quantitative estimate of drug-likeness (QED) is 0.875. The van der Waals surface area contributed by atoms with E-state index in [2.05, 4.69) is 4.98 Å². The molecule has 124 valence electrons. The second-order valence-corrected chi connectivity index (χ2v) is 7.01. The topological polar surface area (TPSA) is 58.4 Å². The molecule has 0 aliphatic heterocycles. The van der Waals surface area contributed by atoms with Gasteiger partial charge >= 0.3 is 0 Å². The zero-order chi connectivity index (χ0) is 16.2. The molecule has 0 radical (unpaired) electrons. The van der Waals surface area contributed by atoms with Gasteiger partial charge in [-0.05, 0) is 35.2 Å². The van der Waals surface area contributed by atoms with E-state index in [1.165, 1.54) is 0 Å². The van der Waals surface area contributed by atoms with Crippen molar-refractivity contribution in [3.05, 3.63) is 41.1 Å². The van der Waals surface area contributed by atoms with Crippen LogP contribution < -0.4 is 0 Å². The molecule has 1 amide bonds. The van der Waals surface area contributed by atoms with Gasteiger partial charge in [0, 0.05) is 19.4 Å². The summed E-state index contributed by atoms with van der Waals surface area (Å²) in [6, 6.07) is 1.83. The van der Waals surface area contributed by atoms with E-state index >= 15 is 0 Å². The molecule has 2 heterocycles. The van der Waals surface area contributed by atoms with Gasteiger partial charge in [-0.2, -0.15) is 11.3 Å². The van der Waals surface area contributed by atoms with E-state index in [4.69, 9.17) is 0 Å². The van der Waals surface area contributed by atoms with Crippen LogP contribution in [0.5, 0.6) is 0 Å². The van der Waals surface area contributed by atoms with E-state index in [-0.39, 0.29) is 18.0 Å². The second-order valence-electron chi connectivity index (χ2n) is 6.23. The van der Waals surface area contributed by atoms with E-state index in [0.29, 0.717) is 6.42 Å². The zero-order valence-electron chi connectivity index (χ0n) is 13.3. The maximum atomic E-state index is 12.6. The lowest BCUT2D eigenvalue weighted by Crippen LogP contribution is -2.47. The molecular weight excluding hydrogens is 310 g/mol. The lowest BCUT2D eigenvalue weighted by molar-refractivity contribution is -0.134. The van der Waals surface area contributed by atoms with Gasteiger partial charge in [0.2, 0.25) is 5.91 Å². The van der Waals surface area contributed by atoms with Crippen LogP contribution in [0.15, 0.2) is 35.5 Å². The second kappa shape index (κ2) is 7.27. The molecule has 3 atom stereocenters. The standard InChI is InChI=1S/C17H23N3O2S/c1-19(16(21)10-13-6-9-23-11-13)14-4-2-3-5-15(17(14)22)20-8-7-18-12-20/h6-9,11-12,14-15,17,22H,2-5,10H2,1H3/t14-,15-,17-/m1/s1. The number of hydrogen-bond acceptors (Lipinski definition) is 4. The molecule has 2 aromatic rings. The Morgan fingerprint density at radius 1 is 1.48 bits per heavy atom. The predicted molar refractivity (Wildman–Crippen MR) is 90.3 cm³/mol. The van der Waals surface area contributed by atoms with Crippen molar-refractivity contribution in [2.75, 3.05) is 7.05 Å². The Morgan fingerprint density at radius 3 is 3.00 bits per heavy atom. The fourth-order valence-corrected chi connectivity index (χ4v) is 4.06. The Balaban J connectivity index is 1.72. The number of rotatable bonds is 4. The largest absolute Gasteiger partial charge is 0.389 e. The highest BCUT2D eigenvalue weighted by atomic mass is 32.1. The summed E-state index contributed by atoms with van der Waals surface area (Å²) < 4.78 is 1.97. The van der Waals surface area contributed by atoms with E-state index < -0.39 is 6.10 Å². The van der Waals surface area contributed by atoms with Crippen molar-refractivity contribution in [3.8, 4) is 0 Å². The first kappa shape index (κ1) is 16.2. The summed E-state index contributed by atoms with van der Waals surface area (Å²) in [5, 5.41) is 14.9. The first-order valence-electron chi connectivity index (χ1n) is 8.09. The van der Waals surface area contributed by atoms with Crippen LogP contribution in [-0.2, 0) is 11.2 Å². The summed E-state index contributed by atoms with van der Waals surface area (Å²) in [5.74, 6) is 0.0683. The number of nitrogens with zero attached hydrogens (tertiary/aromatic N) is 3. The smallest absolute Gasteiger partial charge is 0.227 e. The third-order valence-corrected chi connectivity index (χ3v) is 5.50. The first-order valence-corrected chi connectivity index (χ1v) is 9.03. The summed E-state index contributed by atoms with van der Waals surface area (Å²) in [6.45, 7) is 0. The summed E-state index contributed by atoms with van der Waals surface area (Å²) in [4.78, 5) is 18.4. The Kier molecular flexibility index (Phi) is 5.13. The number of carbonyl (C=O) groups excluding carboxylic acids is 1. The monoisotopic (exact) mass is 333 g/mol. The van der Waals surface area contributed by atoms with E-state index in [0.717, 1.165) is 31.2 Å². The molecule has 5 nitrogen and oxygen atoms in total. The molecule has 1 saturated carbocycles. The number of likely N-dealkylation sites (N-methyl/N-ethyl adjacent to an activating group) is 1. The zero-order valence-corrected chi connectivity index (χ0v) is 14.2. The molecule has 1 N–H and O–H groups in total. The molecule has 0 unspecified atom stereocenters. The maximum Gasteiger partial charge on any atom is 0.227 e. The van der Waals surface area contributed by atoms with Crippen LogP contribution in [-0.4, -0.2) is 44.7 Å². The normalized spacial score (nSPS) is 25.0. The highest BCUT2D eigenvalue weighted by Gasteiger charge is 2.35. The Morgan fingerprint density at radius 2 is 2.30 bits per heavy atom. The molecule has 0 spiro atoms. The molecule has 2 aromatic heterocycles. The predicted octanol–water partition coefficient (Wildman–Crippen LogP) is 2.49. The van der Waals surface area contributed by atoms with Gasteiger partial charge < -0.3 is 14.6 Å². The van der Waals surface area contributed by atoms with Gasteiger partial charge in [0.05, 0.1) is 30.9 Å². The van der Waals surface area contributed by atoms with Crippen LogP contribution in [0.25, 0.3) is 0 Å². The van der Waals surface area contributed by atoms with Crippen molar-refractivity contribution in [2.45, 2.75) is 50.3 Å². The molecule has 6 heteroatoms. The summed E-state index contributed by atoms with van der Waals surface area (Å²) in [5.41, 5.74) is 1.04. The van der Waals surface area contributed by atoms with Gasteiger partial charge in [-0.1, -0.05) is 12.8 Å². The van der Waals surface area contributed by atoms with Crippen LogP contribution in [0.3, 0.4) is 0 Å². The molecule has 0 saturated heterocycles. The lowest BCUT2D eigenvalue weighted by atomic mass is 9.99. The average molecular weight is 333 g/mol. The Hall–Kier alpha value is -1.66. The molecule has 1 aliphatic rings. The highest BCUT2D eigenvalue weighted by molar-refractivity contribution is 7.07. The van der Waals surface area contributed by atoms with Crippen molar-refractivity contribution < 1.29 is 9.90 Å². The minimum absolute atomic E-state index is 0.0126. The van der Waals surface area contributed by atoms with Crippen molar-refractivity contribution >= 4 is 17.2 Å². The van der Waals surface area contributed by atoms with Gasteiger partial charge in [0.15, 0.2) is 0 Å².